The van der Waals surface area contributed by atoms with Crippen molar-refractivity contribution in [2.45, 2.75) is 95.3 Å². The molecule has 17 nitrogen and oxygen atoms in total. The van der Waals surface area contributed by atoms with Gasteiger partial charge in [0.05, 0.1) is 42.4 Å². The van der Waals surface area contributed by atoms with Crippen molar-refractivity contribution >= 4 is 64.3 Å². The molecule has 4 aliphatic heterocycles. The number of alkyl halides is 2. The van der Waals surface area contributed by atoms with Crippen LogP contribution < -0.4 is 35.4 Å². The molecule has 19 heteroatoms. The highest BCUT2D eigenvalue weighted by Gasteiger charge is 2.48. The fourth-order valence-electron chi connectivity index (χ4n) is 9.67. The number of carbonyl (C=O) groups excluding carboxylic acids is 6. The second-order valence-corrected chi connectivity index (χ2v) is 17.7. The maximum atomic E-state index is 14.8. The molecule has 0 bridgehead atoms. The Labute approximate surface area is 369 Å². The lowest BCUT2D eigenvalue weighted by molar-refractivity contribution is -0.140. The van der Waals surface area contributed by atoms with Gasteiger partial charge in [-0.3, -0.25) is 39.0 Å². The molecule has 6 amide bonds. The maximum absolute atomic E-state index is 14.8. The van der Waals surface area contributed by atoms with Gasteiger partial charge in [-0.1, -0.05) is 6.07 Å². The number of carbonyl (C=O) groups is 6. The van der Waals surface area contributed by atoms with E-state index in [1.807, 2.05) is 6.07 Å². The summed E-state index contributed by atoms with van der Waals surface area (Å²) in [7, 11) is 4.91. The Morgan fingerprint density at radius 2 is 1.72 bits per heavy atom. The van der Waals surface area contributed by atoms with Crippen LogP contribution >= 0.6 is 0 Å². The van der Waals surface area contributed by atoms with Crippen molar-refractivity contribution in [2.75, 3.05) is 67.4 Å². The molecule has 1 unspecified atom stereocenters. The van der Waals surface area contributed by atoms with Gasteiger partial charge in [-0.2, -0.15) is 13.8 Å². The molecule has 3 aromatic rings. The van der Waals surface area contributed by atoms with Gasteiger partial charge in [-0.05, 0) is 102 Å². The minimum absolute atomic E-state index is 0.00607. The quantitative estimate of drug-likeness (QED) is 0.231. The van der Waals surface area contributed by atoms with Gasteiger partial charge in [0.25, 0.3) is 23.6 Å². The Bertz CT molecular complexity index is 2360. The SMILES string of the molecule is COc1cc(C(=O)NC2CCC(N(C)CC3CCN(c4cccc5c4C(=O)N(C4CCC(=O)NC4=O)C5=O)CC3)CC2)ccc1Nc1ncc2c(n1)N(C(C)C)CC(F)(F)C(=O)N2C. The van der Waals surface area contributed by atoms with Gasteiger partial charge in [0.15, 0.2) is 5.82 Å². The van der Waals surface area contributed by atoms with E-state index >= 15 is 0 Å². The Morgan fingerprint density at radius 1 is 0.984 bits per heavy atom. The molecule has 8 rings (SSSR count). The number of imide groups is 2. The molecule has 1 saturated carbocycles. The predicted molar refractivity (Wildman–Crippen MR) is 233 cm³/mol. The minimum atomic E-state index is -3.61. The number of halogens is 2. The fourth-order valence-corrected chi connectivity index (χ4v) is 9.67. The Morgan fingerprint density at radius 3 is 2.41 bits per heavy atom. The first kappa shape index (κ1) is 44.4. The lowest BCUT2D eigenvalue weighted by Crippen LogP contribution is -2.54. The van der Waals surface area contributed by atoms with Crippen LogP contribution in [0.1, 0.15) is 96.3 Å². The molecule has 5 heterocycles. The summed E-state index contributed by atoms with van der Waals surface area (Å²) in [6.45, 7) is 5.03. The van der Waals surface area contributed by atoms with Crippen LogP contribution in [-0.4, -0.2) is 133 Å². The number of hydrogen-bond acceptors (Lipinski definition) is 13. The fraction of sp³-hybridized carbons (Fsp3) is 0.511. The minimum Gasteiger partial charge on any atom is -0.495 e. The molecule has 3 fully saturated rings. The van der Waals surface area contributed by atoms with Crippen LogP contribution in [0, 0.1) is 5.92 Å². The monoisotopic (exact) mass is 884 g/mol. The zero-order valence-electron chi connectivity index (χ0n) is 36.7. The van der Waals surface area contributed by atoms with E-state index in [-0.39, 0.29) is 53.8 Å². The number of benzene rings is 2. The third-order valence-electron chi connectivity index (χ3n) is 13.3. The average Bonchev–Trinajstić information content (AvgIpc) is 3.49. The van der Waals surface area contributed by atoms with E-state index in [9.17, 15) is 37.5 Å². The molecule has 64 heavy (non-hydrogen) atoms. The van der Waals surface area contributed by atoms with Crippen molar-refractivity contribution in [2.24, 2.45) is 5.92 Å². The van der Waals surface area contributed by atoms with Crippen molar-refractivity contribution in [3.05, 3.63) is 59.3 Å². The number of nitrogens with zero attached hydrogens (tertiary/aromatic N) is 7. The second kappa shape index (κ2) is 17.7. The summed E-state index contributed by atoms with van der Waals surface area (Å²) >= 11 is 0. The molecule has 5 aliphatic rings. The van der Waals surface area contributed by atoms with E-state index in [4.69, 9.17) is 4.74 Å². The maximum Gasteiger partial charge on any atom is 0.342 e. The molecule has 340 valence electrons. The molecular weight excluding hydrogens is 831 g/mol. The summed E-state index contributed by atoms with van der Waals surface area (Å²) in [5.74, 6) is -6.11. The third-order valence-corrected chi connectivity index (χ3v) is 13.3. The molecule has 0 radical (unpaired) electrons. The van der Waals surface area contributed by atoms with Gasteiger partial charge in [0, 0.05) is 56.8 Å². The number of aromatic nitrogens is 2. The van der Waals surface area contributed by atoms with E-state index in [0.29, 0.717) is 40.2 Å². The summed E-state index contributed by atoms with van der Waals surface area (Å²) in [5, 5.41) is 8.52. The highest BCUT2D eigenvalue weighted by Crippen LogP contribution is 2.39. The number of anilines is 5. The lowest BCUT2D eigenvalue weighted by atomic mass is 9.88. The second-order valence-electron chi connectivity index (χ2n) is 17.7. The lowest BCUT2D eigenvalue weighted by Gasteiger charge is -2.39. The Kier molecular flexibility index (Phi) is 12.3. The van der Waals surface area contributed by atoms with Crippen molar-refractivity contribution in [3.8, 4) is 5.75 Å². The van der Waals surface area contributed by atoms with E-state index < -0.39 is 48.0 Å². The van der Waals surface area contributed by atoms with Crippen LogP contribution in [0.15, 0.2) is 42.6 Å². The first-order valence-corrected chi connectivity index (χ1v) is 21.9. The number of ether oxygens (including phenoxy) is 1. The molecule has 0 spiro atoms. The van der Waals surface area contributed by atoms with Gasteiger partial charge in [-0.25, -0.2) is 4.98 Å². The van der Waals surface area contributed by atoms with Crippen LogP contribution in [-0.2, 0) is 14.4 Å². The largest absolute Gasteiger partial charge is 0.495 e. The number of amides is 6. The number of fused-ring (bicyclic) bond motifs is 2. The Hall–Kier alpha value is -6.24. The smallest absolute Gasteiger partial charge is 0.342 e. The van der Waals surface area contributed by atoms with Crippen LogP contribution in [0.4, 0.5) is 37.6 Å². The standard InChI is InChI=1S/C45H54F2N10O7/c1-25(2)56-24-45(46,47)43(63)54(4)34-22-48-44(52-38(34)56)50-31-14-9-27(21-35(31)64-5)39(59)49-28-10-12-29(13-11-28)53(3)23-26-17-19-55(20-18-26)32-8-6-7-30-37(32)42(62)57(41(30)61)33-15-16-36(58)51-40(33)60/h6-9,14,21-22,25-26,28-29,33H,10-13,15-20,23-24H2,1-5H3,(H,49,59)(H,48,50,52)(H,51,58,60). The number of methoxy groups -OCH3 is 1. The predicted octanol–water partition coefficient (Wildman–Crippen LogP) is 4.35. The summed E-state index contributed by atoms with van der Waals surface area (Å²) in [5.41, 5.74) is 2.34. The topological polar surface area (TPSA) is 190 Å². The van der Waals surface area contributed by atoms with Gasteiger partial charge in [0.1, 0.15) is 17.5 Å². The summed E-state index contributed by atoms with van der Waals surface area (Å²) < 4.78 is 35.2. The van der Waals surface area contributed by atoms with Gasteiger partial charge in [-0.15, -0.1) is 0 Å². The van der Waals surface area contributed by atoms with Gasteiger partial charge in [0.2, 0.25) is 17.8 Å². The number of nitrogens with one attached hydrogen (secondary N) is 3. The van der Waals surface area contributed by atoms with Crippen LogP contribution in [0.3, 0.4) is 0 Å². The zero-order chi connectivity index (χ0) is 45.6. The number of rotatable bonds is 11. The molecular formula is C45H54F2N10O7. The summed E-state index contributed by atoms with van der Waals surface area (Å²) in [4.78, 5) is 94.0. The average molecular weight is 885 g/mol. The first-order valence-electron chi connectivity index (χ1n) is 21.9. The van der Waals surface area contributed by atoms with Crippen LogP contribution in [0.25, 0.3) is 0 Å². The van der Waals surface area contributed by atoms with Crippen LogP contribution in [0.5, 0.6) is 5.75 Å². The molecule has 2 saturated heterocycles. The van der Waals surface area contributed by atoms with E-state index in [2.05, 4.69) is 42.8 Å². The van der Waals surface area contributed by atoms with Crippen molar-refractivity contribution < 1.29 is 42.3 Å². The van der Waals surface area contributed by atoms with Crippen LogP contribution in [0.2, 0.25) is 0 Å². The third kappa shape index (κ3) is 8.56. The van der Waals surface area contributed by atoms with Gasteiger partial charge < -0.3 is 35.0 Å². The van der Waals surface area contributed by atoms with E-state index in [1.165, 1.54) is 25.3 Å². The molecule has 2 aromatic carbocycles. The first-order chi connectivity index (χ1) is 30.5. The van der Waals surface area contributed by atoms with E-state index in [1.54, 1.807) is 44.2 Å². The number of hydrogen-bond donors (Lipinski definition) is 3. The summed E-state index contributed by atoms with van der Waals surface area (Å²) in [6, 6.07) is 9.21. The van der Waals surface area contributed by atoms with Crippen molar-refractivity contribution in [3.63, 3.8) is 0 Å². The zero-order valence-corrected chi connectivity index (χ0v) is 36.7. The normalized spacial score (nSPS) is 22.7. The molecule has 1 aliphatic carbocycles. The molecule has 3 N–H and O–H groups in total. The Balaban J connectivity index is 0.820. The van der Waals surface area contributed by atoms with Gasteiger partial charge >= 0.3 is 5.92 Å². The molecule has 1 aromatic heterocycles. The van der Waals surface area contributed by atoms with Crippen molar-refractivity contribution in [1.29, 1.82) is 0 Å². The number of piperidine rings is 2. The van der Waals surface area contributed by atoms with E-state index in [0.717, 1.165) is 68.0 Å². The van der Waals surface area contributed by atoms with Crippen molar-refractivity contribution in [1.82, 2.24) is 30.4 Å². The highest BCUT2D eigenvalue weighted by molar-refractivity contribution is 6.25. The summed E-state index contributed by atoms with van der Waals surface area (Å²) in [6.07, 6.45) is 6.85. The highest BCUT2D eigenvalue weighted by atomic mass is 19.3. The molecule has 1 atom stereocenters.